The number of hydrogen-bond acceptors (Lipinski definition) is 5. The molecule has 0 radical (unpaired) electrons. The van der Waals surface area contributed by atoms with Crippen molar-refractivity contribution in [1.29, 1.82) is 0 Å². The fourth-order valence-corrected chi connectivity index (χ4v) is 4.47. The Morgan fingerprint density at radius 1 is 1.03 bits per heavy atom. The Kier molecular flexibility index (Phi) is 12.0. The number of ether oxygens (including phenoxy) is 1. The number of likely N-dealkylation sites (N-methyl/N-ethyl adjacent to an activating group) is 2. The van der Waals surface area contributed by atoms with Gasteiger partial charge in [0.1, 0.15) is 12.6 Å². The number of nitrogens with zero attached hydrogens (tertiary/aromatic N) is 1. The number of carboxylic acids is 1. The average Bonchev–Trinajstić information content (AvgIpc) is 2.79. The van der Waals surface area contributed by atoms with E-state index in [4.69, 9.17) is 9.84 Å². The van der Waals surface area contributed by atoms with Crippen molar-refractivity contribution in [2.75, 3.05) is 27.3 Å². The van der Waals surface area contributed by atoms with Gasteiger partial charge in [0.25, 0.3) is 0 Å². The van der Waals surface area contributed by atoms with E-state index in [-0.39, 0.29) is 37.0 Å². The first-order valence-electron chi connectivity index (χ1n) is 12.8. The molecule has 8 heteroatoms. The Morgan fingerprint density at radius 2 is 1.59 bits per heavy atom. The molecule has 0 unspecified atom stereocenters. The van der Waals surface area contributed by atoms with E-state index in [2.05, 4.69) is 10.6 Å². The van der Waals surface area contributed by atoms with Crippen LogP contribution >= 0.6 is 0 Å². The first-order chi connectivity index (χ1) is 17.0. The lowest BCUT2D eigenvalue weighted by molar-refractivity contribution is -0.141. The maximum absolute atomic E-state index is 13.8. The number of carbonyl (C=O) groups excluding carboxylic acids is 2. The highest BCUT2D eigenvalue weighted by Crippen LogP contribution is 2.29. The van der Waals surface area contributed by atoms with Crippen LogP contribution in [0.15, 0.2) is 42.0 Å². The molecule has 0 aliphatic heterocycles. The van der Waals surface area contributed by atoms with Gasteiger partial charge in [-0.2, -0.15) is 0 Å². The molecule has 8 nitrogen and oxygen atoms in total. The summed E-state index contributed by atoms with van der Waals surface area (Å²) in [6.45, 7) is 15.5. The van der Waals surface area contributed by atoms with E-state index in [1.807, 2.05) is 91.8 Å². The Bertz CT molecular complexity index is 935. The summed E-state index contributed by atoms with van der Waals surface area (Å²) < 4.78 is 5.20. The van der Waals surface area contributed by atoms with E-state index >= 15 is 0 Å². The van der Waals surface area contributed by atoms with Crippen molar-refractivity contribution >= 4 is 17.8 Å². The van der Waals surface area contributed by atoms with Crippen molar-refractivity contribution in [2.45, 2.75) is 78.9 Å². The van der Waals surface area contributed by atoms with Crippen LogP contribution in [0.5, 0.6) is 0 Å². The number of nitrogens with one attached hydrogen (secondary N) is 2. The van der Waals surface area contributed by atoms with Crippen LogP contribution in [0.2, 0.25) is 0 Å². The third-order valence-corrected chi connectivity index (χ3v) is 6.68. The maximum Gasteiger partial charge on any atom is 0.329 e. The lowest BCUT2D eigenvalue weighted by Gasteiger charge is -2.40. The van der Waals surface area contributed by atoms with Gasteiger partial charge < -0.3 is 25.4 Å². The molecule has 0 aromatic heterocycles. The normalized spacial score (nSPS) is 15.2. The van der Waals surface area contributed by atoms with Crippen LogP contribution in [0.1, 0.15) is 61.0 Å². The highest BCUT2D eigenvalue weighted by atomic mass is 16.5. The van der Waals surface area contributed by atoms with Crippen molar-refractivity contribution in [3.05, 3.63) is 47.5 Å². The Morgan fingerprint density at radius 3 is 2.05 bits per heavy atom. The van der Waals surface area contributed by atoms with Crippen LogP contribution in [0, 0.1) is 11.3 Å². The van der Waals surface area contributed by atoms with Gasteiger partial charge in [-0.05, 0) is 36.4 Å². The van der Waals surface area contributed by atoms with Crippen LogP contribution < -0.4 is 10.6 Å². The summed E-state index contributed by atoms with van der Waals surface area (Å²) in [5.74, 6) is -1.38. The highest BCUT2D eigenvalue weighted by Gasteiger charge is 2.41. The zero-order chi connectivity index (χ0) is 28.6. The SMILES string of the molecule is CN[C@H](C(=O)N[C@H](C(=O)N(C)[C@H](C=C(C)COCC(=O)O)C(C)C)C(C)(C)C)C(C)(C)c1ccccc1. The second-order valence-corrected chi connectivity index (χ2v) is 11.7. The Hall–Kier alpha value is -2.71. The molecule has 0 spiro atoms. The molecular formula is C29H47N3O5. The van der Waals surface area contributed by atoms with E-state index in [1.165, 1.54) is 0 Å². The van der Waals surface area contributed by atoms with E-state index in [0.717, 1.165) is 11.1 Å². The minimum absolute atomic E-state index is 0.0850. The molecule has 0 bridgehead atoms. The number of carbonyl (C=O) groups is 3. The molecule has 37 heavy (non-hydrogen) atoms. The Labute approximate surface area is 222 Å². The van der Waals surface area contributed by atoms with Gasteiger partial charge in [-0.15, -0.1) is 0 Å². The lowest BCUT2D eigenvalue weighted by Crippen LogP contribution is -2.61. The maximum atomic E-state index is 13.8. The summed E-state index contributed by atoms with van der Waals surface area (Å²) in [6, 6.07) is 8.26. The van der Waals surface area contributed by atoms with Crippen LogP contribution in [0.25, 0.3) is 0 Å². The summed E-state index contributed by atoms with van der Waals surface area (Å²) in [4.78, 5) is 39.9. The largest absolute Gasteiger partial charge is 0.480 e. The van der Waals surface area contributed by atoms with Gasteiger partial charge in [0.15, 0.2) is 0 Å². The molecule has 3 atom stereocenters. The zero-order valence-electron chi connectivity index (χ0n) is 24.2. The standard InChI is InChI=1S/C29H47N3O5/c1-19(2)22(16-20(3)17-37-18-23(33)34)32(10)27(36)25(28(4,5)6)31-26(35)24(30-9)29(7,8)21-14-12-11-13-15-21/h11-16,19,22,24-25,30H,17-18H2,1-10H3,(H,31,35)(H,33,34)/t22-,24-,25-/m1/s1. The van der Waals surface area contributed by atoms with Crippen molar-refractivity contribution in [3.8, 4) is 0 Å². The summed E-state index contributed by atoms with van der Waals surface area (Å²) in [7, 11) is 3.49. The average molecular weight is 518 g/mol. The summed E-state index contributed by atoms with van der Waals surface area (Å²) in [6.07, 6.45) is 1.93. The number of aliphatic carboxylic acids is 1. The molecule has 0 aliphatic carbocycles. The van der Waals surface area contributed by atoms with Gasteiger partial charge in [0, 0.05) is 12.5 Å². The van der Waals surface area contributed by atoms with Crippen molar-refractivity contribution in [2.24, 2.45) is 11.3 Å². The van der Waals surface area contributed by atoms with Crippen molar-refractivity contribution in [1.82, 2.24) is 15.5 Å². The molecule has 0 fully saturated rings. The Balaban J connectivity index is 3.20. The quantitative estimate of drug-likeness (QED) is 0.345. The molecule has 3 N–H and O–H groups in total. The first kappa shape index (κ1) is 32.3. The van der Waals surface area contributed by atoms with Gasteiger partial charge in [-0.1, -0.05) is 84.9 Å². The molecule has 0 heterocycles. The minimum Gasteiger partial charge on any atom is -0.480 e. The van der Waals surface area contributed by atoms with E-state index < -0.39 is 28.9 Å². The predicted molar refractivity (Wildman–Crippen MR) is 147 cm³/mol. The minimum atomic E-state index is -1.03. The van der Waals surface area contributed by atoms with E-state index in [9.17, 15) is 14.4 Å². The molecule has 208 valence electrons. The van der Waals surface area contributed by atoms with Crippen LogP contribution in [-0.2, 0) is 24.5 Å². The third-order valence-electron chi connectivity index (χ3n) is 6.68. The number of carboxylic acid groups (broad SMARTS) is 1. The second-order valence-electron chi connectivity index (χ2n) is 11.7. The second kappa shape index (κ2) is 13.7. The van der Waals surface area contributed by atoms with Crippen LogP contribution in [0.4, 0.5) is 0 Å². The van der Waals surface area contributed by atoms with Gasteiger partial charge >= 0.3 is 5.97 Å². The number of amides is 2. The number of rotatable bonds is 13. The van der Waals surface area contributed by atoms with Gasteiger partial charge in [-0.3, -0.25) is 9.59 Å². The molecule has 1 aromatic carbocycles. The molecule has 0 saturated carbocycles. The van der Waals surface area contributed by atoms with Gasteiger partial charge in [0.2, 0.25) is 11.8 Å². The van der Waals surface area contributed by atoms with Crippen molar-refractivity contribution in [3.63, 3.8) is 0 Å². The molecule has 0 aliphatic rings. The van der Waals surface area contributed by atoms with E-state index in [1.54, 1.807) is 19.0 Å². The van der Waals surface area contributed by atoms with Gasteiger partial charge in [0.05, 0.1) is 18.7 Å². The fraction of sp³-hybridized carbons (Fsp3) is 0.621. The molecular weight excluding hydrogens is 470 g/mol. The lowest BCUT2D eigenvalue weighted by atomic mass is 9.76. The summed E-state index contributed by atoms with van der Waals surface area (Å²) in [5, 5.41) is 15.0. The predicted octanol–water partition coefficient (Wildman–Crippen LogP) is 3.61. The first-order valence-corrected chi connectivity index (χ1v) is 12.8. The molecule has 0 saturated heterocycles. The molecule has 1 aromatic rings. The monoisotopic (exact) mass is 517 g/mol. The molecule has 1 rings (SSSR count). The van der Waals surface area contributed by atoms with Crippen LogP contribution in [-0.4, -0.2) is 73.2 Å². The third kappa shape index (κ3) is 9.27. The zero-order valence-corrected chi connectivity index (χ0v) is 24.2. The van der Waals surface area contributed by atoms with Crippen LogP contribution in [0.3, 0.4) is 0 Å². The summed E-state index contributed by atoms with van der Waals surface area (Å²) >= 11 is 0. The van der Waals surface area contributed by atoms with Gasteiger partial charge in [-0.25, -0.2) is 4.79 Å². The number of benzene rings is 1. The molecule has 2 amide bonds. The van der Waals surface area contributed by atoms with Crippen molar-refractivity contribution < 1.29 is 24.2 Å². The smallest absolute Gasteiger partial charge is 0.329 e. The highest BCUT2D eigenvalue weighted by molar-refractivity contribution is 5.91. The number of hydrogen-bond donors (Lipinski definition) is 3. The van der Waals surface area contributed by atoms with E-state index in [0.29, 0.717) is 0 Å². The summed E-state index contributed by atoms with van der Waals surface area (Å²) in [5.41, 5.74) is 0.788. The topological polar surface area (TPSA) is 108 Å². The fourth-order valence-electron chi connectivity index (χ4n) is 4.47.